The predicted molar refractivity (Wildman–Crippen MR) is 145 cm³/mol. The number of hydrogen-bond acceptors (Lipinski definition) is 9. The fraction of sp³-hybridized carbons (Fsp3) is 0.310. The largest absolute Gasteiger partial charge is 0.466 e. The lowest BCUT2D eigenvalue weighted by molar-refractivity contribution is -0.139. The predicted octanol–water partition coefficient (Wildman–Crippen LogP) is 3.06. The first kappa shape index (κ1) is 27.3. The number of allylic oxidation sites excluding steroid dienone is 1. The molecule has 10 heteroatoms. The fourth-order valence-corrected chi connectivity index (χ4v) is 5.32. The quantitative estimate of drug-likeness (QED) is 0.538. The molecule has 2 aromatic rings. The van der Waals surface area contributed by atoms with Crippen LogP contribution in [0.2, 0.25) is 0 Å². The number of nitrogens with two attached hydrogens (primary N) is 2. The first-order valence-electron chi connectivity index (χ1n) is 12.6. The van der Waals surface area contributed by atoms with Gasteiger partial charge in [0, 0.05) is 18.2 Å². The molecule has 2 heterocycles. The maximum atomic E-state index is 13.5. The van der Waals surface area contributed by atoms with E-state index in [0.29, 0.717) is 16.9 Å². The average molecular weight is 530 g/mol. The molecule has 2 aliphatic heterocycles. The van der Waals surface area contributed by atoms with Crippen LogP contribution < -0.4 is 21.3 Å². The zero-order valence-electron chi connectivity index (χ0n) is 22.1. The van der Waals surface area contributed by atoms with E-state index < -0.39 is 23.8 Å². The summed E-state index contributed by atoms with van der Waals surface area (Å²) >= 11 is 0. The molecule has 1 saturated heterocycles. The number of rotatable bonds is 6. The number of carbonyl (C=O) groups is 3. The number of methoxy groups -OCH3 is 2. The van der Waals surface area contributed by atoms with Crippen LogP contribution in [0.4, 0.5) is 11.4 Å². The normalized spacial score (nSPS) is 19.4. The molecule has 1 fully saturated rings. The third-order valence-corrected chi connectivity index (χ3v) is 7.22. The van der Waals surface area contributed by atoms with Gasteiger partial charge >= 0.3 is 11.9 Å². The van der Waals surface area contributed by atoms with Crippen LogP contribution in [0, 0.1) is 11.3 Å². The van der Waals surface area contributed by atoms with Crippen LogP contribution in [0.15, 0.2) is 71.2 Å². The van der Waals surface area contributed by atoms with Crippen molar-refractivity contribution in [3.05, 3.63) is 82.3 Å². The lowest BCUT2D eigenvalue weighted by Crippen LogP contribution is -2.43. The van der Waals surface area contributed by atoms with E-state index in [4.69, 9.17) is 20.9 Å². The molecule has 2 aromatic carbocycles. The molecule has 0 aliphatic carbocycles. The minimum absolute atomic E-state index is 0.0383. The Morgan fingerprint density at radius 1 is 1.00 bits per heavy atom. The summed E-state index contributed by atoms with van der Waals surface area (Å²) in [5, 5.41) is 10.3. The number of nitrogens with zero attached hydrogens (tertiary/aromatic N) is 3. The standard InChI is InChI=1S/C29H31N5O5/c1-17-9-7-8-14-33(17)21-13-12-19(27(32)35)15-22(21)34-25(29(37)39-3)24(28(36)38-2)23(20(16-30)26(34)31)18-10-5-4-6-11-18/h4-6,10-13,15,17,23H,7-9,14,31H2,1-3H3,(H2,32,35). The summed E-state index contributed by atoms with van der Waals surface area (Å²) < 4.78 is 10.3. The van der Waals surface area contributed by atoms with Crippen molar-refractivity contribution in [2.45, 2.75) is 38.1 Å². The Hall–Kier alpha value is -4.78. The van der Waals surface area contributed by atoms with Crippen molar-refractivity contribution in [1.82, 2.24) is 0 Å². The van der Waals surface area contributed by atoms with E-state index in [1.165, 1.54) is 25.2 Å². The highest BCUT2D eigenvalue weighted by Crippen LogP contribution is 2.46. The van der Waals surface area contributed by atoms with Crippen molar-refractivity contribution >= 4 is 29.2 Å². The van der Waals surface area contributed by atoms with Crippen LogP contribution in [0.5, 0.6) is 0 Å². The number of carbonyl (C=O) groups excluding carboxylic acids is 3. The monoisotopic (exact) mass is 529 g/mol. The summed E-state index contributed by atoms with van der Waals surface area (Å²) in [5.41, 5.74) is 13.8. The number of amides is 1. The Kier molecular flexibility index (Phi) is 7.91. The molecule has 0 radical (unpaired) electrons. The number of nitriles is 1. The van der Waals surface area contributed by atoms with Crippen molar-refractivity contribution in [2.24, 2.45) is 11.5 Å². The molecule has 0 spiro atoms. The Bertz CT molecular complexity index is 1410. The molecule has 202 valence electrons. The number of anilines is 2. The number of primary amides is 1. The van der Waals surface area contributed by atoms with Crippen molar-refractivity contribution in [3.8, 4) is 6.07 Å². The minimum Gasteiger partial charge on any atom is -0.466 e. The number of ether oxygens (including phenoxy) is 2. The SMILES string of the molecule is COC(=O)C1=C(C(=O)OC)N(c2cc(C(N)=O)ccc2N2CCCCC2C)C(N)=C(C#N)C1c1ccccc1. The van der Waals surface area contributed by atoms with Crippen LogP contribution in [0.1, 0.15) is 48.0 Å². The molecule has 2 atom stereocenters. The van der Waals surface area contributed by atoms with Gasteiger partial charge < -0.3 is 25.8 Å². The summed E-state index contributed by atoms with van der Waals surface area (Å²) in [6.07, 6.45) is 2.95. The van der Waals surface area contributed by atoms with Gasteiger partial charge in [0.25, 0.3) is 0 Å². The van der Waals surface area contributed by atoms with Crippen LogP contribution >= 0.6 is 0 Å². The molecule has 0 bridgehead atoms. The van der Waals surface area contributed by atoms with E-state index in [0.717, 1.165) is 25.8 Å². The molecule has 2 unspecified atom stereocenters. The van der Waals surface area contributed by atoms with E-state index in [-0.39, 0.29) is 34.3 Å². The first-order valence-corrected chi connectivity index (χ1v) is 12.6. The number of hydrogen-bond donors (Lipinski definition) is 2. The molecule has 10 nitrogen and oxygen atoms in total. The number of piperidine rings is 1. The smallest absolute Gasteiger partial charge is 0.355 e. The summed E-state index contributed by atoms with van der Waals surface area (Å²) in [5.74, 6) is -3.45. The highest BCUT2D eigenvalue weighted by molar-refractivity contribution is 6.07. The van der Waals surface area contributed by atoms with Gasteiger partial charge in [0.2, 0.25) is 5.91 Å². The lowest BCUT2D eigenvalue weighted by Gasteiger charge is -2.41. The van der Waals surface area contributed by atoms with Gasteiger partial charge in [-0.2, -0.15) is 5.26 Å². The molecular weight excluding hydrogens is 498 g/mol. The van der Waals surface area contributed by atoms with Crippen LogP contribution in [-0.4, -0.2) is 44.7 Å². The van der Waals surface area contributed by atoms with Gasteiger partial charge in [0.1, 0.15) is 11.5 Å². The Labute approximate surface area is 227 Å². The molecule has 0 aromatic heterocycles. The fourth-order valence-electron chi connectivity index (χ4n) is 5.32. The first-order chi connectivity index (χ1) is 18.7. The summed E-state index contributed by atoms with van der Waals surface area (Å²) in [7, 11) is 2.38. The maximum Gasteiger partial charge on any atom is 0.355 e. The van der Waals surface area contributed by atoms with Gasteiger partial charge in [0.05, 0.1) is 48.7 Å². The van der Waals surface area contributed by atoms with Gasteiger partial charge in [-0.1, -0.05) is 30.3 Å². The molecule has 2 aliphatic rings. The maximum absolute atomic E-state index is 13.5. The van der Waals surface area contributed by atoms with E-state index in [1.807, 2.05) is 0 Å². The van der Waals surface area contributed by atoms with Gasteiger partial charge in [-0.25, -0.2) is 9.59 Å². The van der Waals surface area contributed by atoms with Gasteiger partial charge in [-0.3, -0.25) is 9.69 Å². The Morgan fingerprint density at radius 2 is 1.69 bits per heavy atom. The summed E-state index contributed by atoms with van der Waals surface area (Å²) in [6.45, 7) is 2.81. The summed E-state index contributed by atoms with van der Waals surface area (Å²) in [4.78, 5) is 42.5. The van der Waals surface area contributed by atoms with Crippen LogP contribution in [0.3, 0.4) is 0 Å². The Balaban J connectivity index is 2.10. The van der Waals surface area contributed by atoms with Crippen molar-refractivity contribution in [3.63, 3.8) is 0 Å². The second kappa shape index (κ2) is 11.3. The van der Waals surface area contributed by atoms with Crippen molar-refractivity contribution in [1.29, 1.82) is 5.26 Å². The van der Waals surface area contributed by atoms with E-state index in [9.17, 15) is 19.6 Å². The van der Waals surface area contributed by atoms with Crippen LogP contribution in [-0.2, 0) is 19.1 Å². The number of esters is 2. The van der Waals surface area contributed by atoms with Crippen molar-refractivity contribution in [2.75, 3.05) is 30.6 Å². The average Bonchev–Trinajstić information content (AvgIpc) is 2.96. The highest BCUT2D eigenvalue weighted by atomic mass is 16.5. The molecule has 39 heavy (non-hydrogen) atoms. The van der Waals surface area contributed by atoms with Crippen molar-refractivity contribution < 1.29 is 23.9 Å². The van der Waals surface area contributed by atoms with Gasteiger partial charge in [0.15, 0.2) is 0 Å². The minimum atomic E-state index is -0.995. The summed E-state index contributed by atoms with van der Waals surface area (Å²) in [6, 6.07) is 15.9. The highest BCUT2D eigenvalue weighted by Gasteiger charge is 2.44. The van der Waals surface area contributed by atoms with Gasteiger partial charge in [-0.15, -0.1) is 0 Å². The van der Waals surface area contributed by atoms with Crippen LogP contribution in [0.25, 0.3) is 0 Å². The zero-order chi connectivity index (χ0) is 28.3. The second-order valence-corrected chi connectivity index (χ2v) is 9.44. The van der Waals surface area contributed by atoms with E-state index >= 15 is 0 Å². The molecule has 4 rings (SSSR count). The Morgan fingerprint density at radius 3 is 2.28 bits per heavy atom. The topological polar surface area (TPSA) is 152 Å². The molecule has 0 saturated carbocycles. The molecule has 1 amide bonds. The lowest BCUT2D eigenvalue weighted by atomic mass is 9.80. The molecule has 4 N–H and O–H groups in total. The zero-order valence-corrected chi connectivity index (χ0v) is 22.1. The third-order valence-electron chi connectivity index (χ3n) is 7.22. The third kappa shape index (κ3) is 4.91. The van der Waals surface area contributed by atoms with E-state index in [2.05, 4.69) is 17.9 Å². The molecular formula is C29H31N5O5. The van der Waals surface area contributed by atoms with E-state index in [1.54, 1.807) is 42.5 Å². The number of benzene rings is 2. The second-order valence-electron chi connectivity index (χ2n) is 9.44. The van der Waals surface area contributed by atoms with Gasteiger partial charge in [-0.05, 0) is 49.9 Å².